The van der Waals surface area contributed by atoms with E-state index in [4.69, 9.17) is 15.9 Å². The zero-order valence-corrected chi connectivity index (χ0v) is 5.75. The average molecular weight is 133 g/mol. The van der Waals surface area contributed by atoms with E-state index in [1.165, 1.54) is 0 Å². The van der Waals surface area contributed by atoms with Gasteiger partial charge in [-0.25, -0.2) is 0 Å². The van der Waals surface area contributed by atoms with E-state index in [0.717, 1.165) is 6.42 Å². The number of hydrogen-bond donors (Lipinski definition) is 3. The van der Waals surface area contributed by atoms with Crippen molar-refractivity contribution < 1.29 is 10.2 Å². The normalized spacial score (nSPS) is 17.3. The Morgan fingerprint density at radius 2 is 2.11 bits per heavy atom. The molecule has 0 rings (SSSR count). The Morgan fingerprint density at radius 1 is 1.56 bits per heavy atom. The molecule has 0 aromatic heterocycles. The van der Waals surface area contributed by atoms with Crippen molar-refractivity contribution in [2.45, 2.75) is 31.9 Å². The van der Waals surface area contributed by atoms with E-state index < -0.39 is 12.1 Å². The Balaban J connectivity index is 3.32. The zero-order chi connectivity index (χ0) is 7.28. The monoisotopic (exact) mass is 133 g/mol. The maximum absolute atomic E-state index is 9.03. The van der Waals surface area contributed by atoms with Crippen LogP contribution in [0.5, 0.6) is 0 Å². The minimum Gasteiger partial charge on any atom is -0.395 e. The van der Waals surface area contributed by atoms with Gasteiger partial charge in [-0.05, 0) is 6.42 Å². The number of aliphatic hydroxyl groups excluding tert-OH is 2. The summed E-state index contributed by atoms with van der Waals surface area (Å²) in [6, 6.07) is -0.468. The van der Waals surface area contributed by atoms with Crippen LogP contribution in [0.25, 0.3) is 0 Å². The highest BCUT2D eigenvalue weighted by molar-refractivity contribution is 4.69. The van der Waals surface area contributed by atoms with Crippen molar-refractivity contribution in [3.8, 4) is 0 Å². The minimum atomic E-state index is -0.542. The molecule has 3 nitrogen and oxygen atoms in total. The van der Waals surface area contributed by atoms with E-state index in [9.17, 15) is 0 Å². The Morgan fingerprint density at radius 3 is 2.44 bits per heavy atom. The topological polar surface area (TPSA) is 66.5 Å². The molecule has 0 amide bonds. The number of rotatable bonds is 4. The highest BCUT2D eigenvalue weighted by atomic mass is 16.3. The van der Waals surface area contributed by atoms with Crippen molar-refractivity contribution in [2.75, 3.05) is 6.61 Å². The van der Waals surface area contributed by atoms with E-state index in [1.54, 1.807) is 0 Å². The van der Waals surface area contributed by atoms with Crippen molar-refractivity contribution in [3.05, 3.63) is 0 Å². The molecule has 0 saturated heterocycles. The second-order valence-electron chi connectivity index (χ2n) is 2.20. The molecule has 0 aliphatic carbocycles. The summed E-state index contributed by atoms with van der Waals surface area (Å²) in [7, 11) is 0. The summed E-state index contributed by atoms with van der Waals surface area (Å²) < 4.78 is 0. The van der Waals surface area contributed by atoms with E-state index in [1.807, 2.05) is 6.92 Å². The van der Waals surface area contributed by atoms with Crippen LogP contribution in [0.1, 0.15) is 19.8 Å². The van der Waals surface area contributed by atoms with Crippen molar-refractivity contribution in [2.24, 2.45) is 5.73 Å². The lowest BCUT2D eigenvalue weighted by molar-refractivity contribution is 0.101. The molecule has 0 aliphatic rings. The lowest BCUT2D eigenvalue weighted by Gasteiger charge is -2.14. The number of nitrogens with two attached hydrogens (primary N) is 1. The Kier molecular flexibility index (Phi) is 4.67. The van der Waals surface area contributed by atoms with Crippen LogP contribution in [0.3, 0.4) is 0 Å². The van der Waals surface area contributed by atoms with Crippen LogP contribution in [-0.4, -0.2) is 29.0 Å². The third kappa shape index (κ3) is 3.46. The maximum Gasteiger partial charge on any atom is 0.0713 e. The molecule has 0 heterocycles. The molecule has 0 radical (unpaired) electrons. The Bertz CT molecular complexity index is 68.1. The van der Waals surface area contributed by atoms with Gasteiger partial charge < -0.3 is 15.9 Å². The van der Waals surface area contributed by atoms with Crippen molar-refractivity contribution in [1.29, 1.82) is 0 Å². The molecule has 0 saturated carbocycles. The lowest BCUT2D eigenvalue weighted by Crippen LogP contribution is -2.37. The van der Waals surface area contributed by atoms with Gasteiger partial charge in [-0.15, -0.1) is 0 Å². The van der Waals surface area contributed by atoms with Gasteiger partial charge in [0.25, 0.3) is 0 Å². The fourth-order valence-electron chi connectivity index (χ4n) is 0.632. The maximum atomic E-state index is 9.03. The molecule has 0 unspecified atom stereocenters. The molecule has 2 atom stereocenters. The molecule has 0 aliphatic heterocycles. The molecule has 4 N–H and O–H groups in total. The van der Waals surface area contributed by atoms with Crippen LogP contribution in [0, 0.1) is 0 Å². The summed E-state index contributed by atoms with van der Waals surface area (Å²) in [4.78, 5) is 0. The van der Waals surface area contributed by atoms with Gasteiger partial charge in [-0.3, -0.25) is 0 Å². The fraction of sp³-hybridized carbons (Fsp3) is 1.00. The van der Waals surface area contributed by atoms with Gasteiger partial charge >= 0.3 is 0 Å². The summed E-state index contributed by atoms with van der Waals surface area (Å²) in [5.74, 6) is 0. The first-order chi connectivity index (χ1) is 4.22. The molecule has 9 heavy (non-hydrogen) atoms. The van der Waals surface area contributed by atoms with E-state index in [-0.39, 0.29) is 6.61 Å². The first kappa shape index (κ1) is 8.88. The zero-order valence-electron chi connectivity index (χ0n) is 5.75. The second-order valence-corrected chi connectivity index (χ2v) is 2.20. The summed E-state index contributed by atoms with van der Waals surface area (Å²) in [6.07, 6.45) is 1.02. The van der Waals surface area contributed by atoms with Crippen molar-refractivity contribution in [1.82, 2.24) is 0 Å². The molecule has 3 heteroatoms. The molecular formula is C6H15NO2. The highest BCUT2D eigenvalue weighted by Crippen LogP contribution is 1.98. The fourth-order valence-corrected chi connectivity index (χ4v) is 0.632. The van der Waals surface area contributed by atoms with Crippen LogP contribution >= 0.6 is 0 Å². The van der Waals surface area contributed by atoms with E-state index >= 15 is 0 Å². The minimum absolute atomic E-state index is 0.138. The predicted octanol–water partition coefficient (Wildman–Crippen LogP) is -0.533. The number of hydrogen-bond acceptors (Lipinski definition) is 3. The second kappa shape index (κ2) is 4.73. The van der Waals surface area contributed by atoms with Crippen molar-refractivity contribution >= 4 is 0 Å². The first-order valence-electron chi connectivity index (χ1n) is 3.26. The van der Waals surface area contributed by atoms with E-state index in [0.29, 0.717) is 6.42 Å². The standard InChI is InChI=1S/C6H15NO2/c1-2-3-6(9)5(7)4-8/h5-6,8-9H,2-4,7H2,1H3/t5-,6+/m0/s1. The Labute approximate surface area is 55.5 Å². The summed E-state index contributed by atoms with van der Waals surface area (Å²) >= 11 is 0. The SMILES string of the molecule is CCC[C@@H](O)[C@@H](N)CO. The van der Waals surface area contributed by atoms with Gasteiger partial charge in [0.1, 0.15) is 0 Å². The van der Waals surface area contributed by atoms with Crippen LogP contribution in [0.15, 0.2) is 0 Å². The van der Waals surface area contributed by atoms with Gasteiger partial charge in [0.2, 0.25) is 0 Å². The molecule has 0 bridgehead atoms. The van der Waals surface area contributed by atoms with Gasteiger partial charge in [0.05, 0.1) is 18.8 Å². The Hall–Kier alpha value is -0.120. The lowest BCUT2D eigenvalue weighted by atomic mass is 10.1. The first-order valence-corrected chi connectivity index (χ1v) is 3.26. The van der Waals surface area contributed by atoms with Crippen LogP contribution in [-0.2, 0) is 0 Å². The van der Waals surface area contributed by atoms with Gasteiger partial charge in [-0.2, -0.15) is 0 Å². The third-order valence-electron chi connectivity index (χ3n) is 1.29. The number of aliphatic hydroxyl groups is 2. The van der Waals surface area contributed by atoms with Gasteiger partial charge in [0.15, 0.2) is 0 Å². The summed E-state index contributed by atoms with van der Waals surface area (Å²) in [5.41, 5.74) is 5.30. The third-order valence-corrected chi connectivity index (χ3v) is 1.29. The van der Waals surface area contributed by atoms with Crippen molar-refractivity contribution in [3.63, 3.8) is 0 Å². The van der Waals surface area contributed by atoms with Gasteiger partial charge in [0, 0.05) is 0 Å². The van der Waals surface area contributed by atoms with Crippen LogP contribution in [0.2, 0.25) is 0 Å². The highest BCUT2D eigenvalue weighted by Gasteiger charge is 2.10. The quantitative estimate of drug-likeness (QED) is 0.483. The summed E-state index contributed by atoms with van der Waals surface area (Å²) in [5, 5.41) is 17.5. The summed E-state index contributed by atoms with van der Waals surface area (Å²) in [6.45, 7) is 1.83. The van der Waals surface area contributed by atoms with Gasteiger partial charge in [-0.1, -0.05) is 13.3 Å². The van der Waals surface area contributed by atoms with Crippen LogP contribution in [0.4, 0.5) is 0 Å². The predicted molar refractivity (Wildman–Crippen MR) is 36.0 cm³/mol. The molecule has 56 valence electrons. The average Bonchev–Trinajstić information content (AvgIpc) is 1.87. The molecule has 0 aromatic rings. The van der Waals surface area contributed by atoms with E-state index in [2.05, 4.69) is 0 Å². The molecular weight excluding hydrogens is 118 g/mol. The molecule has 0 aromatic carbocycles. The largest absolute Gasteiger partial charge is 0.395 e. The molecule has 0 fully saturated rings. The van der Waals surface area contributed by atoms with Crippen LogP contribution < -0.4 is 5.73 Å². The smallest absolute Gasteiger partial charge is 0.0713 e. The molecule has 0 spiro atoms.